The molecule has 2 fully saturated rings. The Morgan fingerprint density at radius 1 is 0.609 bits per heavy atom. The minimum Gasteiger partial charge on any atom is -0.478 e. The summed E-state index contributed by atoms with van der Waals surface area (Å²) in [6, 6.07) is 26.5. The third kappa shape index (κ3) is 8.80. The molecule has 2 saturated heterocycles. The SMILES string of the molecule is CCOc1nc(N2CCNCC2)nc2c1[nH]c1cc(-c3cccc(C(=O)O)c3)ccc12.CCOc1nc(N2CCNCC2)nc2c1[nH]c1cc(-c3cccc(C(=O)OC)c3)ccc12.Cl. The Kier molecular flexibility index (Phi) is 13.1. The molecule has 0 spiro atoms. The van der Waals surface area contributed by atoms with Gasteiger partial charge in [-0.3, -0.25) is 0 Å². The number of ether oxygens (including phenoxy) is 3. The molecule has 2 aliphatic heterocycles. The maximum Gasteiger partial charge on any atom is 0.337 e. The fourth-order valence-corrected chi connectivity index (χ4v) is 8.08. The Morgan fingerprint density at radius 3 is 1.48 bits per heavy atom. The van der Waals surface area contributed by atoms with Gasteiger partial charge >= 0.3 is 11.9 Å². The molecule has 4 aromatic carbocycles. The number of rotatable bonds is 10. The van der Waals surface area contributed by atoms with Crippen LogP contribution in [0.1, 0.15) is 34.6 Å². The number of carbonyl (C=O) groups is 2. The van der Waals surface area contributed by atoms with E-state index in [1.165, 1.54) is 7.11 Å². The molecular formula is C47H49ClN10O6. The van der Waals surface area contributed by atoms with E-state index in [-0.39, 0.29) is 23.9 Å². The number of aromatic amines is 2. The number of hydrogen-bond acceptors (Lipinski definition) is 13. The summed E-state index contributed by atoms with van der Waals surface area (Å²) < 4.78 is 16.6. The molecule has 4 aromatic heterocycles. The van der Waals surface area contributed by atoms with Crippen LogP contribution < -0.4 is 29.9 Å². The van der Waals surface area contributed by atoms with Crippen LogP contribution in [0.25, 0.3) is 66.1 Å². The van der Waals surface area contributed by atoms with Gasteiger partial charge in [0.25, 0.3) is 0 Å². The van der Waals surface area contributed by atoms with Crippen LogP contribution in [0, 0.1) is 0 Å². The number of anilines is 2. The van der Waals surface area contributed by atoms with Crippen LogP contribution in [-0.4, -0.2) is 120 Å². The van der Waals surface area contributed by atoms with E-state index in [4.69, 9.17) is 29.2 Å². The number of methoxy groups -OCH3 is 1. The standard InChI is InChI=1S/C24H25N5O3.C23H23N5O3.ClH/c1-3-32-22-21-20(27-24(28-22)29-11-9-25-10-12-29)18-8-7-16(14-19(18)26-21)15-5-4-6-17(13-15)23(30)31-2;1-2-31-21-20-19(26-23(27-21)28-10-8-24-9-11-28)17-7-6-15(13-18(17)25-20)14-4-3-5-16(12-14)22(29)30;/h4-8,13-14,25-26H,3,9-12H2,1-2H3;3-7,12-13,24-25H,2,8-11H2,1H3,(H,29,30);1H. The highest BCUT2D eigenvalue weighted by atomic mass is 35.5. The number of esters is 1. The summed E-state index contributed by atoms with van der Waals surface area (Å²) in [6.07, 6.45) is 0. The van der Waals surface area contributed by atoms with Gasteiger partial charge in [-0.05, 0) is 72.5 Å². The summed E-state index contributed by atoms with van der Waals surface area (Å²) >= 11 is 0. The van der Waals surface area contributed by atoms with Gasteiger partial charge in [0, 0.05) is 74.2 Å². The molecule has 2 aliphatic rings. The van der Waals surface area contributed by atoms with Gasteiger partial charge in [-0.1, -0.05) is 48.5 Å². The van der Waals surface area contributed by atoms with Gasteiger partial charge in [-0.25, -0.2) is 19.6 Å². The molecule has 5 N–H and O–H groups in total. The van der Waals surface area contributed by atoms with Gasteiger partial charge in [-0.15, -0.1) is 12.4 Å². The van der Waals surface area contributed by atoms with E-state index in [2.05, 4.69) is 47.5 Å². The lowest BCUT2D eigenvalue weighted by atomic mass is 10.0. The first-order chi connectivity index (χ1) is 30.8. The lowest BCUT2D eigenvalue weighted by molar-refractivity contribution is 0.0599. The van der Waals surface area contributed by atoms with Crippen molar-refractivity contribution in [3.63, 3.8) is 0 Å². The van der Waals surface area contributed by atoms with Crippen molar-refractivity contribution in [3.05, 3.63) is 96.1 Å². The number of nitrogens with zero attached hydrogens (tertiary/aromatic N) is 6. The van der Waals surface area contributed by atoms with Gasteiger partial charge in [0.05, 0.1) is 31.5 Å². The van der Waals surface area contributed by atoms with Crippen molar-refractivity contribution in [1.82, 2.24) is 40.5 Å². The summed E-state index contributed by atoms with van der Waals surface area (Å²) in [7, 11) is 1.39. The molecule has 10 rings (SSSR count). The normalized spacial score (nSPS) is 14.0. The Hall–Kier alpha value is -7.01. The van der Waals surface area contributed by atoms with Crippen LogP contribution in [0.4, 0.5) is 11.9 Å². The van der Waals surface area contributed by atoms with E-state index in [9.17, 15) is 14.7 Å². The number of aromatic nitrogens is 6. The van der Waals surface area contributed by atoms with Crippen molar-refractivity contribution in [2.45, 2.75) is 13.8 Å². The van der Waals surface area contributed by atoms with E-state index in [0.717, 1.165) is 118 Å². The average molecular weight is 885 g/mol. The maximum absolute atomic E-state index is 11.9. The van der Waals surface area contributed by atoms with Crippen molar-refractivity contribution < 1.29 is 28.9 Å². The first-order valence-electron chi connectivity index (χ1n) is 21.2. The number of hydrogen-bond donors (Lipinski definition) is 5. The number of fused-ring (bicyclic) bond motifs is 6. The van der Waals surface area contributed by atoms with Crippen LogP contribution >= 0.6 is 12.4 Å². The Labute approximate surface area is 374 Å². The Balaban J connectivity index is 0.000000172. The van der Waals surface area contributed by atoms with E-state index in [0.29, 0.717) is 42.4 Å². The number of piperazine rings is 2. The largest absolute Gasteiger partial charge is 0.478 e. The fourth-order valence-electron chi connectivity index (χ4n) is 8.08. The third-order valence-corrected chi connectivity index (χ3v) is 11.2. The predicted octanol–water partition coefficient (Wildman–Crippen LogP) is 7.08. The molecule has 0 amide bonds. The molecule has 0 aliphatic carbocycles. The van der Waals surface area contributed by atoms with Crippen molar-refractivity contribution in [1.29, 1.82) is 0 Å². The zero-order valence-electron chi connectivity index (χ0n) is 35.7. The second kappa shape index (κ2) is 19.2. The minimum absolute atomic E-state index is 0. The Morgan fingerprint density at radius 2 is 1.05 bits per heavy atom. The zero-order valence-corrected chi connectivity index (χ0v) is 36.6. The topological polar surface area (TPSA) is 196 Å². The molecule has 6 heterocycles. The predicted molar refractivity (Wildman–Crippen MR) is 252 cm³/mol. The number of halogens is 1. The highest BCUT2D eigenvalue weighted by Gasteiger charge is 2.22. The lowest BCUT2D eigenvalue weighted by Gasteiger charge is -2.27. The quantitative estimate of drug-likeness (QED) is 0.0875. The lowest BCUT2D eigenvalue weighted by Crippen LogP contribution is -2.44. The highest BCUT2D eigenvalue weighted by molar-refractivity contribution is 6.09. The highest BCUT2D eigenvalue weighted by Crippen LogP contribution is 2.36. The number of aromatic carboxylic acids is 1. The number of carbonyl (C=O) groups excluding carboxylic acids is 1. The summed E-state index contributed by atoms with van der Waals surface area (Å²) in [6.45, 7) is 12.0. The zero-order chi connectivity index (χ0) is 43.5. The van der Waals surface area contributed by atoms with Crippen LogP contribution in [0.5, 0.6) is 11.8 Å². The van der Waals surface area contributed by atoms with Crippen LogP contribution in [-0.2, 0) is 4.74 Å². The molecule has 0 saturated carbocycles. The molecule has 0 bridgehead atoms. The van der Waals surface area contributed by atoms with Crippen molar-refractivity contribution in [2.75, 3.05) is 82.5 Å². The second-order valence-electron chi connectivity index (χ2n) is 15.2. The molecule has 16 nitrogen and oxygen atoms in total. The van der Waals surface area contributed by atoms with E-state index >= 15 is 0 Å². The van der Waals surface area contributed by atoms with Gasteiger partial charge in [0.15, 0.2) is 0 Å². The average Bonchev–Trinajstić information content (AvgIpc) is 3.90. The second-order valence-corrected chi connectivity index (χ2v) is 15.2. The number of benzene rings is 4. The van der Waals surface area contributed by atoms with Crippen molar-refractivity contribution in [3.8, 4) is 34.0 Å². The smallest absolute Gasteiger partial charge is 0.337 e. The monoisotopic (exact) mass is 884 g/mol. The summed E-state index contributed by atoms with van der Waals surface area (Å²) in [5.74, 6) is 1.19. The van der Waals surface area contributed by atoms with Crippen LogP contribution in [0.15, 0.2) is 84.9 Å². The minimum atomic E-state index is -0.939. The number of H-pyrrole nitrogens is 2. The third-order valence-electron chi connectivity index (χ3n) is 11.2. The number of nitrogens with one attached hydrogen (secondary N) is 4. The summed E-state index contributed by atoms with van der Waals surface area (Å²) in [5.41, 5.74) is 9.56. The molecule has 64 heavy (non-hydrogen) atoms. The molecular weight excluding hydrogens is 836 g/mol. The van der Waals surface area contributed by atoms with Gasteiger partial charge in [0.1, 0.15) is 22.1 Å². The van der Waals surface area contributed by atoms with Gasteiger partial charge in [0.2, 0.25) is 23.7 Å². The van der Waals surface area contributed by atoms with Gasteiger partial charge in [-0.2, -0.15) is 9.97 Å². The van der Waals surface area contributed by atoms with Crippen LogP contribution in [0.2, 0.25) is 0 Å². The molecule has 0 radical (unpaired) electrons. The van der Waals surface area contributed by atoms with E-state index in [1.807, 2.05) is 62.4 Å². The van der Waals surface area contributed by atoms with E-state index < -0.39 is 5.97 Å². The summed E-state index contributed by atoms with van der Waals surface area (Å²) in [4.78, 5) is 53.6. The van der Waals surface area contributed by atoms with Crippen molar-refractivity contribution >= 4 is 80.1 Å². The molecule has 0 unspecified atom stereocenters. The maximum atomic E-state index is 11.9. The van der Waals surface area contributed by atoms with E-state index in [1.54, 1.807) is 24.3 Å². The number of carboxylic acid groups (broad SMARTS) is 1. The number of carboxylic acids is 1. The van der Waals surface area contributed by atoms with Crippen molar-refractivity contribution in [2.24, 2.45) is 0 Å². The Bertz CT molecular complexity index is 2980. The van der Waals surface area contributed by atoms with Gasteiger partial charge < -0.3 is 49.7 Å². The van der Waals surface area contributed by atoms with Crippen LogP contribution in [0.3, 0.4) is 0 Å². The first-order valence-corrected chi connectivity index (χ1v) is 21.2. The first kappa shape index (κ1) is 43.6. The molecule has 330 valence electrons. The fraction of sp³-hybridized carbons (Fsp3) is 0.277. The molecule has 8 aromatic rings. The summed E-state index contributed by atoms with van der Waals surface area (Å²) in [5, 5.41) is 18.0. The molecule has 17 heteroatoms. The molecule has 0 atom stereocenters.